The van der Waals surface area contributed by atoms with Gasteiger partial charge in [0, 0.05) is 12.6 Å². The molecule has 0 amide bonds. The van der Waals surface area contributed by atoms with Crippen molar-refractivity contribution in [3.05, 3.63) is 0 Å². The Hall–Kier alpha value is -0.130. The van der Waals surface area contributed by atoms with Gasteiger partial charge in [0.1, 0.15) is 0 Å². The number of nitrogens with two attached hydrogens (primary N) is 1. The third-order valence-electron chi connectivity index (χ3n) is 3.29. The van der Waals surface area contributed by atoms with Crippen LogP contribution in [0, 0.1) is 5.92 Å². The van der Waals surface area contributed by atoms with Crippen molar-refractivity contribution in [3.63, 3.8) is 0 Å². The minimum Gasteiger partial charge on any atom is -0.330 e. The molecule has 2 atom stereocenters. The Labute approximate surface area is 92.7 Å². The summed E-state index contributed by atoms with van der Waals surface area (Å²) in [6.07, 6.45) is 1.83. The summed E-state index contributed by atoms with van der Waals surface area (Å²) in [5, 5.41) is 0. The van der Waals surface area contributed by atoms with Gasteiger partial charge in [-0.3, -0.25) is 0 Å². The molecule has 1 rings (SSSR count). The van der Waals surface area contributed by atoms with Crippen molar-refractivity contribution in [2.45, 2.75) is 25.8 Å². The number of sulfone groups is 1. The van der Waals surface area contributed by atoms with Crippen LogP contribution in [0.25, 0.3) is 0 Å². The van der Waals surface area contributed by atoms with E-state index in [9.17, 15) is 8.42 Å². The Bertz CT molecular complexity index is 286. The molecule has 0 radical (unpaired) electrons. The zero-order chi connectivity index (χ0) is 11.5. The largest absolute Gasteiger partial charge is 0.330 e. The molecule has 0 saturated carbocycles. The number of nitrogens with zero attached hydrogens (tertiary/aromatic N) is 1. The van der Waals surface area contributed by atoms with Gasteiger partial charge in [0.05, 0.1) is 11.5 Å². The van der Waals surface area contributed by atoms with E-state index in [4.69, 9.17) is 5.73 Å². The fourth-order valence-electron chi connectivity index (χ4n) is 2.05. The second-order valence-corrected chi connectivity index (χ2v) is 6.74. The van der Waals surface area contributed by atoms with Crippen LogP contribution in [-0.2, 0) is 9.84 Å². The Balaban J connectivity index is 2.44. The summed E-state index contributed by atoms with van der Waals surface area (Å²) in [7, 11) is -0.759. The minimum absolute atomic E-state index is 0.204. The molecule has 1 aliphatic rings. The zero-order valence-electron chi connectivity index (χ0n) is 9.65. The van der Waals surface area contributed by atoms with Gasteiger partial charge >= 0.3 is 0 Å². The van der Waals surface area contributed by atoms with Crippen LogP contribution < -0.4 is 5.73 Å². The van der Waals surface area contributed by atoms with Gasteiger partial charge in [-0.2, -0.15) is 0 Å². The van der Waals surface area contributed by atoms with Crippen molar-refractivity contribution in [2.75, 3.05) is 31.6 Å². The molecule has 1 aliphatic heterocycles. The summed E-state index contributed by atoms with van der Waals surface area (Å²) >= 11 is 0. The van der Waals surface area contributed by atoms with Crippen molar-refractivity contribution in [3.8, 4) is 0 Å². The van der Waals surface area contributed by atoms with Gasteiger partial charge in [0.2, 0.25) is 0 Å². The highest BCUT2D eigenvalue weighted by atomic mass is 32.2. The summed E-state index contributed by atoms with van der Waals surface area (Å²) in [6.45, 7) is 3.71. The van der Waals surface area contributed by atoms with E-state index in [0.717, 1.165) is 19.4 Å². The normalized spacial score (nSPS) is 27.1. The first kappa shape index (κ1) is 12.9. The lowest BCUT2D eigenvalue weighted by Gasteiger charge is -2.26. The molecule has 0 aliphatic carbocycles. The molecular weight excluding hydrogens is 212 g/mol. The summed E-state index contributed by atoms with van der Waals surface area (Å²) in [6, 6.07) is 0.204. The third-order valence-corrected chi connectivity index (χ3v) is 5.04. The Morgan fingerprint density at radius 3 is 2.60 bits per heavy atom. The quantitative estimate of drug-likeness (QED) is 0.732. The number of hydrogen-bond acceptors (Lipinski definition) is 4. The van der Waals surface area contributed by atoms with Gasteiger partial charge < -0.3 is 10.6 Å². The van der Waals surface area contributed by atoms with Crippen molar-refractivity contribution < 1.29 is 8.42 Å². The summed E-state index contributed by atoms with van der Waals surface area (Å²) in [5.41, 5.74) is 5.64. The van der Waals surface area contributed by atoms with Crippen molar-refractivity contribution in [1.29, 1.82) is 0 Å². The molecule has 0 aromatic heterocycles. The van der Waals surface area contributed by atoms with Crippen molar-refractivity contribution >= 4 is 9.84 Å². The smallest absolute Gasteiger partial charge is 0.151 e. The molecule has 2 unspecified atom stereocenters. The molecule has 2 N–H and O–H groups in total. The molecular formula is C10H22N2O2S. The average molecular weight is 234 g/mol. The van der Waals surface area contributed by atoms with Crippen LogP contribution in [0.3, 0.4) is 0 Å². The SMILES string of the molecule is CCC(CN)CN(C)C1CCS(=O)(=O)C1. The lowest BCUT2D eigenvalue weighted by molar-refractivity contribution is 0.220. The molecule has 4 nitrogen and oxygen atoms in total. The fourth-order valence-corrected chi connectivity index (χ4v) is 3.85. The van der Waals surface area contributed by atoms with Crippen LogP contribution >= 0.6 is 0 Å². The molecule has 0 aromatic rings. The lowest BCUT2D eigenvalue weighted by atomic mass is 10.1. The topological polar surface area (TPSA) is 63.4 Å². The molecule has 90 valence electrons. The monoisotopic (exact) mass is 234 g/mol. The summed E-state index contributed by atoms with van der Waals surface area (Å²) in [4.78, 5) is 2.16. The van der Waals surface area contributed by atoms with E-state index in [2.05, 4.69) is 11.8 Å². The lowest BCUT2D eigenvalue weighted by Crippen LogP contribution is -2.38. The highest BCUT2D eigenvalue weighted by molar-refractivity contribution is 7.91. The van der Waals surface area contributed by atoms with E-state index in [1.165, 1.54) is 0 Å². The van der Waals surface area contributed by atoms with E-state index >= 15 is 0 Å². The Morgan fingerprint density at radius 2 is 2.20 bits per heavy atom. The maximum Gasteiger partial charge on any atom is 0.151 e. The summed E-state index contributed by atoms with van der Waals surface area (Å²) < 4.78 is 22.6. The second kappa shape index (κ2) is 5.27. The van der Waals surface area contributed by atoms with Gasteiger partial charge in [0.25, 0.3) is 0 Å². The van der Waals surface area contributed by atoms with Crippen LogP contribution in [0.1, 0.15) is 19.8 Å². The maximum absolute atomic E-state index is 11.3. The number of hydrogen-bond donors (Lipinski definition) is 1. The third kappa shape index (κ3) is 3.74. The van der Waals surface area contributed by atoms with Crippen LogP contribution in [0.5, 0.6) is 0 Å². The van der Waals surface area contributed by atoms with E-state index < -0.39 is 9.84 Å². The highest BCUT2D eigenvalue weighted by Crippen LogP contribution is 2.17. The van der Waals surface area contributed by atoms with Crippen LogP contribution in [-0.4, -0.2) is 51.0 Å². The van der Waals surface area contributed by atoms with Crippen molar-refractivity contribution in [2.24, 2.45) is 11.7 Å². The van der Waals surface area contributed by atoms with Crippen molar-refractivity contribution in [1.82, 2.24) is 4.90 Å². The predicted octanol–water partition coefficient (Wildman–Crippen LogP) is 0.0902. The molecule has 0 bridgehead atoms. The second-order valence-electron chi connectivity index (χ2n) is 4.51. The average Bonchev–Trinajstić information content (AvgIpc) is 2.55. The van der Waals surface area contributed by atoms with Gasteiger partial charge in [-0.15, -0.1) is 0 Å². The molecule has 5 heteroatoms. The molecule has 15 heavy (non-hydrogen) atoms. The van der Waals surface area contributed by atoms with E-state index in [1.54, 1.807) is 0 Å². The Morgan fingerprint density at radius 1 is 1.53 bits per heavy atom. The molecule has 1 fully saturated rings. The van der Waals surface area contributed by atoms with Crippen LogP contribution in [0.15, 0.2) is 0 Å². The first-order valence-corrected chi connectivity index (χ1v) is 7.41. The van der Waals surface area contributed by atoms with Gasteiger partial charge in [-0.05, 0) is 25.9 Å². The van der Waals surface area contributed by atoms with E-state index in [-0.39, 0.29) is 6.04 Å². The van der Waals surface area contributed by atoms with E-state index in [1.807, 2.05) is 7.05 Å². The Kier molecular flexibility index (Phi) is 4.55. The maximum atomic E-state index is 11.3. The van der Waals surface area contributed by atoms with Gasteiger partial charge in [-0.25, -0.2) is 8.42 Å². The van der Waals surface area contributed by atoms with Gasteiger partial charge in [0.15, 0.2) is 9.84 Å². The first-order chi connectivity index (χ1) is 6.98. The fraction of sp³-hybridized carbons (Fsp3) is 1.00. The molecule has 0 aromatic carbocycles. The molecule has 1 saturated heterocycles. The first-order valence-electron chi connectivity index (χ1n) is 5.59. The predicted molar refractivity (Wildman–Crippen MR) is 62.5 cm³/mol. The minimum atomic E-state index is -2.76. The van der Waals surface area contributed by atoms with Crippen LogP contribution in [0.2, 0.25) is 0 Å². The van der Waals surface area contributed by atoms with Gasteiger partial charge in [-0.1, -0.05) is 13.3 Å². The number of rotatable bonds is 5. The standard InChI is InChI=1S/C10H22N2O2S/c1-3-9(6-11)7-12(2)10-4-5-15(13,14)8-10/h9-10H,3-8,11H2,1-2H3. The van der Waals surface area contributed by atoms with Crippen LogP contribution in [0.4, 0.5) is 0 Å². The molecule has 0 spiro atoms. The highest BCUT2D eigenvalue weighted by Gasteiger charge is 2.30. The van der Waals surface area contributed by atoms with E-state index in [0.29, 0.717) is 24.0 Å². The molecule has 1 heterocycles. The summed E-state index contributed by atoms with van der Waals surface area (Å²) in [5.74, 6) is 1.16. The zero-order valence-corrected chi connectivity index (χ0v) is 10.5.